The average Bonchev–Trinajstić information content (AvgIpc) is 3.20. The van der Waals surface area contributed by atoms with Gasteiger partial charge in [0.05, 0.1) is 11.4 Å². The third-order valence-electron chi connectivity index (χ3n) is 4.96. The Bertz CT molecular complexity index is 1070. The van der Waals surface area contributed by atoms with Crippen LogP contribution in [0.25, 0.3) is 10.2 Å². The standard InChI is InChI=1S/C20H20ClN3O2S/c1-11(12-5-2-3-7-14(12)21)22-17(25)10-9-16-23-19(26)18-13-6-4-8-15(13)27-20(18)24-16/h2-3,5,7,11H,4,6,8-10H2,1H3,(H,22,25)(H,23,24,26)/t11-/m0/s1. The fourth-order valence-corrected chi connectivity index (χ4v) is 5.20. The Morgan fingerprint density at radius 3 is 3.00 bits per heavy atom. The average molecular weight is 402 g/mol. The first kappa shape index (κ1) is 18.2. The molecule has 0 spiro atoms. The zero-order chi connectivity index (χ0) is 19.0. The van der Waals surface area contributed by atoms with E-state index < -0.39 is 0 Å². The van der Waals surface area contributed by atoms with Gasteiger partial charge in [-0.3, -0.25) is 9.59 Å². The van der Waals surface area contributed by atoms with Crippen molar-refractivity contribution in [2.24, 2.45) is 0 Å². The Balaban J connectivity index is 1.43. The van der Waals surface area contributed by atoms with Gasteiger partial charge in [-0.25, -0.2) is 4.98 Å². The number of aromatic amines is 1. The van der Waals surface area contributed by atoms with E-state index in [9.17, 15) is 9.59 Å². The first-order valence-electron chi connectivity index (χ1n) is 9.10. The van der Waals surface area contributed by atoms with Crippen molar-refractivity contribution in [2.75, 3.05) is 0 Å². The van der Waals surface area contributed by atoms with Crippen LogP contribution in [0.5, 0.6) is 0 Å². The van der Waals surface area contributed by atoms with Crippen LogP contribution in [0.3, 0.4) is 0 Å². The van der Waals surface area contributed by atoms with E-state index in [1.807, 2.05) is 31.2 Å². The molecule has 0 unspecified atom stereocenters. The molecule has 2 heterocycles. The van der Waals surface area contributed by atoms with Crippen molar-refractivity contribution < 1.29 is 4.79 Å². The maximum atomic E-state index is 12.5. The number of H-pyrrole nitrogens is 1. The van der Waals surface area contributed by atoms with Crippen LogP contribution in [0.1, 0.15) is 47.6 Å². The topological polar surface area (TPSA) is 74.8 Å². The number of amides is 1. The number of carbonyl (C=O) groups excluding carboxylic acids is 1. The van der Waals surface area contributed by atoms with Gasteiger partial charge in [0.25, 0.3) is 5.56 Å². The summed E-state index contributed by atoms with van der Waals surface area (Å²) in [6.45, 7) is 1.90. The Morgan fingerprint density at radius 1 is 1.37 bits per heavy atom. The predicted octanol–water partition coefficient (Wildman–Crippen LogP) is 3.94. The molecule has 5 nitrogen and oxygen atoms in total. The minimum atomic E-state index is -0.180. The monoisotopic (exact) mass is 401 g/mol. The van der Waals surface area contributed by atoms with Gasteiger partial charge in [0.15, 0.2) is 0 Å². The normalized spacial score (nSPS) is 14.3. The van der Waals surface area contributed by atoms with Crippen molar-refractivity contribution in [3.05, 3.63) is 61.5 Å². The van der Waals surface area contributed by atoms with Gasteiger partial charge < -0.3 is 10.3 Å². The summed E-state index contributed by atoms with van der Waals surface area (Å²) < 4.78 is 0. The highest BCUT2D eigenvalue weighted by molar-refractivity contribution is 7.18. The van der Waals surface area contributed by atoms with Gasteiger partial charge in [-0.05, 0) is 43.4 Å². The maximum Gasteiger partial charge on any atom is 0.259 e. The number of carbonyl (C=O) groups is 1. The van der Waals surface area contributed by atoms with Gasteiger partial charge >= 0.3 is 0 Å². The van der Waals surface area contributed by atoms with E-state index >= 15 is 0 Å². The van der Waals surface area contributed by atoms with Crippen LogP contribution in [-0.2, 0) is 24.1 Å². The molecule has 2 N–H and O–H groups in total. The van der Waals surface area contributed by atoms with E-state index in [0.29, 0.717) is 17.3 Å². The molecular weight excluding hydrogens is 382 g/mol. The van der Waals surface area contributed by atoms with Crippen LogP contribution in [0.2, 0.25) is 5.02 Å². The molecule has 4 rings (SSSR count). The minimum Gasteiger partial charge on any atom is -0.350 e. The maximum absolute atomic E-state index is 12.5. The number of hydrogen-bond acceptors (Lipinski definition) is 4. The van der Waals surface area contributed by atoms with Crippen molar-refractivity contribution >= 4 is 39.1 Å². The molecule has 1 aliphatic carbocycles. The van der Waals surface area contributed by atoms with E-state index in [0.717, 1.165) is 35.0 Å². The summed E-state index contributed by atoms with van der Waals surface area (Å²) in [4.78, 5) is 34.3. The van der Waals surface area contributed by atoms with Gasteiger partial charge in [0.2, 0.25) is 5.91 Å². The fourth-order valence-electron chi connectivity index (χ4n) is 3.61. The summed E-state index contributed by atoms with van der Waals surface area (Å²) in [5, 5.41) is 4.33. The highest BCUT2D eigenvalue weighted by Gasteiger charge is 2.21. The van der Waals surface area contributed by atoms with Gasteiger partial charge in [0.1, 0.15) is 10.7 Å². The Morgan fingerprint density at radius 2 is 2.19 bits per heavy atom. The van der Waals surface area contributed by atoms with Crippen molar-refractivity contribution in [1.29, 1.82) is 0 Å². The number of thiophene rings is 1. The van der Waals surface area contributed by atoms with E-state index in [-0.39, 0.29) is 23.9 Å². The SMILES string of the molecule is C[C@H](NC(=O)CCc1nc2sc3c(c2c(=O)[nH]1)CCC3)c1ccccc1Cl. The highest BCUT2D eigenvalue weighted by Crippen LogP contribution is 2.34. The molecule has 1 aliphatic rings. The molecular formula is C20H20ClN3O2S. The molecule has 3 aromatic rings. The molecule has 0 radical (unpaired) electrons. The van der Waals surface area contributed by atoms with Crippen molar-refractivity contribution in [2.45, 2.75) is 45.1 Å². The summed E-state index contributed by atoms with van der Waals surface area (Å²) in [7, 11) is 0. The molecule has 0 aliphatic heterocycles. The lowest BCUT2D eigenvalue weighted by Gasteiger charge is -2.15. The molecule has 1 amide bonds. The van der Waals surface area contributed by atoms with Gasteiger partial charge in [0, 0.05) is 22.7 Å². The molecule has 0 saturated carbocycles. The second-order valence-corrected chi connectivity index (χ2v) is 8.35. The third kappa shape index (κ3) is 3.64. The molecule has 2 aromatic heterocycles. The van der Waals surface area contributed by atoms with E-state index in [1.54, 1.807) is 11.3 Å². The van der Waals surface area contributed by atoms with Gasteiger partial charge in [-0.15, -0.1) is 11.3 Å². The van der Waals surface area contributed by atoms with Gasteiger partial charge in [-0.1, -0.05) is 29.8 Å². The molecule has 1 atom stereocenters. The van der Waals surface area contributed by atoms with Crippen molar-refractivity contribution in [1.82, 2.24) is 15.3 Å². The molecule has 0 fully saturated rings. The Labute approximate surface area is 165 Å². The van der Waals surface area contributed by atoms with Crippen LogP contribution in [0.4, 0.5) is 0 Å². The van der Waals surface area contributed by atoms with Crippen LogP contribution >= 0.6 is 22.9 Å². The van der Waals surface area contributed by atoms with E-state index in [4.69, 9.17) is 11.6 Å². The summed E-state index contributed by atoms with van der Waals surface area (Å²) in [5.41, 5.74) is 1.97. The lowest BCUT2D eigenvalue weighted by molar-refractivity contribution is -0.121. The molecule has 0 saturated heterocycles. The zero-order valence-electron chi connectivity index (χ0n) is 15.0. The summed E-state index contributed by atoms with van der Waals surface area (Å²) in [6, 6.07) is 7.28. The number of fused-ring (bicyclic) bond motifs is 3. The minimum absolute atomic E-state index is 0.0840. The number of nitrogens with zero attached hydrogens (tertiary/aromatic N) is 1. The number of nitrogens with one attached hydrogen (secondary N) is 2. The summed E-state index contributed by atoms with van der Waals surface area (Å²) in [6.07, 6.45) is 3.76. The number of aromatic nitrogens is 2. The predicted molar refractivity (Wildman–Crippen MR) is 109 cm³/mol. The molecule has 7 heteroatoms. The number of hydrogen-bond donors (Lipinski definition) is 2. The number of benzene rings is 1. The summed E-state index contributed by atoms with van der Waals surface area (Å²) >= 11 is 7.79. The lowest BCUT2D eigenvalue weighted by atomic mass is 10.1. The van der Waals surface area contributed by atoms with E-state index in [1.165, 1.54) is 10.4 Å². The molecule has 140 valence electrons. The quantitative estimate of drug-likeness (QED) is 0.680. The number of halogens is 1. The number of aryl methyl sites for hydroxylation is 3. The zero-order valence-corrected chi connectivity index (χ0v) is 16.5. The van der Waals surface area contributed by atoms with E-state index in [2.05, 4.69) is 15.3 Å². The smallest absolute Gasteiger partial charge is 0.259 e. The Hall–Kier alpha value is -2.18. The molecule has 1 aromatic carbocycles. The van der Waals surface area contributed by atoms with Crippen LogP contribution in [-0.4, -0.2) is 15.9 Å². The largest absolute Gasteiger partial charge is 0.350 e. The first-order chi connectivity index (χ1) is 13.0. The number of rotatable bonds is 5. The van der Waals surface area contributed by atoms with Crippen molar-refractivity contribution in [3.8, 4) is 0 Å². The summed E-state index contributed by atoms with van der Waals surface area (Å²) in [5.74, 6) is 0.465. The third-order valence-corrected chi connectivity index (χ3v) is 6.49. The van der Waals surface area contributed by atoms with Crippen molar-refractivity contribution in [3.63, 3.8) is 0 Å². The Kier molecular flexibility index (Phi) is 5.02. The second kappa shape index (κ2) is 7.44. The second-order valence-electron chi connectivity index (χ2n) is 6.86. The van der Waals surface area contributed by atoms with Gasteiger partial charge in [-0.2, -0.15) is 0 Å². The molecule has 0 bridgehead atoms. The lowest BCUT2D eigenvalue weighted by Crippen LogP contribution is -2.27. The van der Waals surface area contributed by atoms with Crippen LogP contribution in [0.15, 0.2) is 29.1 Å². The fraction of sp³-hybridized carbons (Fsp3) is 0.350. The molecule has 27 heavy (non-hydrogen) atoms. The highest BCUT2D eigenvalue weighted by atomic mass is 35.5. The van der Waals surface area contributed by atoms with Crippen LogP contribution < -0.4 is 10.9 Å². The first-order valence-corrected chi connectivity index (χ1v) is 10.3. The van der Waals surface area contributed by atoms with Crippen LogP contribution in [0, 0.1) is 0 Å².